The van der Waals surface area contributed by atoms with Gasteiger partial charge >= 0.3 is 35.8 Å². The molecule has 6 aliphatic carbocycles. The summed E-state index contributed by atoms with van der Waals surface area (Å²) < 4.78 is 16.5. The number of carbonyl (C=O) groups is 6. The molecule has 7 rings (SSSR count). The van der Waals surface area contributed by atoms with Crippen LogP contribution in [-0.4, -0.2) is 70.0 Å². The van der Waals surface area contributed by atoms with Crippen molar-refractivity contribution in [3.8, 4) is 0 Å². The van der Waals surface area contributed by atoms with Crippen molar-refractivity contribution in [2.45, 2.75) is 72.3 Å². The minimum Gasteiger partial charge on any atom is -0.481 e. The molecule has 0 radical (unpaired) electrons. The molecule has 0 aromatic heterocycles. The van der Waals surface area contributed by atoms with Crippen molar-refractivity contribution in [1.29, 1.82) is 0 Å². The van der Waals surface area contributed by atoms with E-state index in [1.54, 1.807) is 6.92 Å². The fourth-order valence-electron chi connectivity index (χ4n) is 13.4. The molecule has 3 N–H and O–H groups in total. The second-order valence-corrected chi connectivity index (χ2v) is 17.5. The number of aliphatic carboxylic acids is 2. The maximum atomic E-state index is 13.6. The monoisotopic (exact) mass is 686 g/mol. The van der Waals surface area contributed by atoms with Crippen molar-refractivity contribution in [3.05, 3.63) is 0 Å². The summed E-state index contributed by atoms with van der Waals surface area (Å²) in [6.07, 6.45) is 3.24. The molecular weight excluding hydrogens is 636 g/mol. The SMILES string of the molecule is CC1C(=O)OC(=O)C1C1C2CC(C(C(=O)O)C2C(=O)O)C1C1C2CC(CC2C(=O)OCCO)C1C1C(C)C2CC(C(=O)OC(C)(C)C)C1C2. The lowest BCUT2D eigenvalue weighted by Gasteiger charge is -2.51. The van der Waals surface area contributed by atoms with Crippen LogP contribution >= 0.6 is 0 Å². The van der Waals surface area contributed by atoms with Crippen LogP contribution in [0.5, 0.6) is 0 Å². The molecule has 1 aliphatic heterocycles. The first-order valence-electron chi connectivity index (χ1n) is 18.3. The van der Waals surface area contributed by atoms with Crippen molar-refractivity contribution in [2.24, 2.45) is 107 Å². The number of aliphatic hydroxyl groups is 1. The van der Waals surface area contributed by atoms with E-state index in [4.69, 9.17) is 14.2 Å². The maximum Gasteiger partial charge on any atom is 0.317 e. The molecule has 49 heavy (non-hydrogen) atoms. The Labute approximate surface area is 286 Å². The number of carboxylic acids is 2. The average Bonchev–Trinajstić information content (AvgIpc) is 3.86. The average molecular weight is 687 g/mol. The van der Waals surface area contributed by atoms with E-state index < -0.39 is 88.7 Å². The Balaban J connectivity index is 1.32. The number of hydrogen-bond donors (Lipinski definition) is 3. The van der Waals surface area contributed by atoms with Gasteiger partial charge in [-0.1, -0.05) is 13.8 Å². The van der Waals surface area contributed by atoms with Crippen molar-refractivity contribution < 1.29 is 58.3 Å². The van der Waals surface area contributed by atoms with Crippen LogP contribution in [0.3, 0.4) is 0 Å². The molecule has 1 heterocycles. The van der Waals surface area contributed by atoms with Gasteiger partial charge in [-0.3, -0.25) is 28.8 Å². The van der Waals surface area contributed by atoms with Gasteiger partial charge in [0.2, 0.25) is 0 Å². The highest BCUT2D eigenvalue weighted by molar-refractivity contribution is 5.96. The predicted octanol–water partition coefficient (Wildman–Crippen LogP) is 3.28. The minimum atomic E-state index is -1.22. The standard InChI is InChI=1S/C37H50O12/c1-13-15-8-17(20(9-15)35(45)49-37(3,4)5)23(13)25-16-10-18(19(11-16)34(44)47-7-6-38)26(25)28-22-12-21(29(31(39)40)30(22)32(41)42)27(28)24-14(2)33(43)48-36(24)46/h13-30,38H,6-12H2,1-5H3,(H,39,40)(H,41,42). The van der Waals surface area contributed by atoms with Crippen molar-refractivity contribution in [1.82, 2.24) is 0 Å². The topological polar surface area (TPSA) is 191 Å². The molecule has 0 aromatic carbocycles. The molecule has 18 unspecified atom stereocenters. The van der Waals surface area contributed by atoms with Gasteiger partial charge in [-0.25, -0.2) is 0 Å². The van der Waals surface area contributed by atoms with Crippen LogP contribution in [0.2, 0.25) is 0 Å². The molecule has 0 amide bonds. The number of aliphatic hydroxyl groups excluding tert-OH is 1. The highest BCUT2D eigenvalue weighted by Crippen LogP contribution is 2.73. The van der Waals surface area contributed by atoms with E-state index in [0.29, 0.717) is 25.2 Å². The van der Waals surface area contributed by atoms with Gasteiger partial charge in [-0.15, -0.1) is 0 Å². The van der Waals surface area contributed by atoms with Gasteiger partial charge in [0.05, 0.1) is 42.1 Å². The Bertz CT molecular complexity index is 1430. The molecular formula is C37H50O12. The quantitative estimate of drug-likeness (QED) is 0.183. The first kappa shape index (κ1) is 34.4. The molecule has 7 aliphatic rings. The van der Waals surface area contributed by atoms with E-state index >= 15 is 0 Å². The molecule has 7 fully saturated rings. The molecule has 0 aromatic rings. The summed E-state index contributed by atoms with van der Waals surface area (Å²) in [5.41, 5.74) is -0.635. The van der Waals surface area contributed by atoms with E-state index in [-0.39, 0.29) is 66.5 Å². The summed E-state index contributed by atoms with van der Waals surface area (Å²) in [6.45, 7) is 9.00. The second kappa shape index (κ2) is 12.0. The highest BCUT2D eigenvalue weighted by Gasteiger charge is 2.73. The molecule has 12 nitrogen and oxygen atoms in total. The summed E-state index contributed by atoms with van der Waals surface area (Å²) in [5, 5.41) is 30.3. The molecule has 18 atom stereocenters. The van der Waals surface area contributed by atoms with E-state index in [9.17, 15) is 44.1 Å². The Morgan fingerprint density at radius 1 is 0.714 bits per heavy atom. The van der Waals surface area contributed by atoms with Gasteiger partial charge in [0.1, 0.15) is 12.2 Å². The normalized spacial score (nSPS) is 47.9. The van der Waals surface area contributed by atoms with Crippen molar-refractivity contribution >= 4 is 35.8 Å². The Morgan fingerprint density at radius 3 is 1.82 bits per heavy atom. The van der Waals surface area contributed by atoms with Gasteiger partial charge in [-0.05, 0) is 124 Å². The second-order valence-electron chi connectivity index (χ2n) is 17.5. The fraction of sp³-hybridized carbons (Fsp3) is 0.838. The maximum absolute atomic E-state index is 13.6. The molecule has 1 saturated heterocycles. The van der Waals surface area contributed by atoms with E-state index in [1.165, 1.54) is 0 Å². The highest BCUT2D eigenvalue weighted by atomic mass is 16.6. The summed E-state index contributed by atoms with van der Waals surface area (Å²) in [5.74, 6) is -11.1. The van der Waals surface area contributed by atoms with Crippen LogP contribution in [0.1, 0.15) is 66.7 Å². The van der Waals surface area contributed by atoms with Gasteiger partial charge in [0.25, 0.3) is 0 Å². The van der Waals surface area contributed by atoms with Crippen molar-refractivity contribution in [3.63, 3.8) is 0 Å². The third-order valence-electron chi connectivity index (χ3n) is 14.5. The Morgan fingerprint density at radius 2 is 1.27 bits per heavy atom. The van der Waals surface area contributed by atoms with Gasteiger partial charge < -0.3 is 29.5 Å². The number of carbonyl (C=O) groups excluding carboxylic acids is 4. The lowest BCUT2D eigenvalue weighted by molar-refractivity contribution is -0.169. The first-order chi connectivity index (χ1) is 23.0. The number of carboxylic acid groups (broad SMARTS) is 2. The summed E-state index contributed by atoms with van der Waals surface area (Å²) in [7, 11) is 0. The lowest BCUT2D eigenvalue weighted by Crippen LogP contribution is -2.53. The van der Waals surface area contributed by atoms with Crippen LogP contribution < -0.4 is 0 Å². The van der Waals surface area contributed by atoms with E-state index in [0.717, 1.165) is 12.8 Å². The third-order valence-corrected chi connectivity index (χ3v) is 14.5. The number of rotatable bonds is 9. The molecule has 6 bridgehead atoms. The van der Waals surface area contributed by atoms with Crippen LogP contribution in [0.4, 0.5) is 0 Å². The zero-order valence-electron chi connectivity index (χ0n) is 28.9. The number of esters is 4. The molecule has 270 valence electrons. The van der Waals surface area contributed by atoms with Crippen molar-refractivity contribution in [2.75, 3.05) is 13.2 Å². The number of ether oxygens (including phenoxy) is 3. The molecule has 0 spiro atoms. The predicted molar refractivity (Wildman–Crippen MR) is 168 cm³/mol. The van der Waals surface area contributed by atoms with Gasteiger partial charge in [0, 0.05) is 0 Å². The number of hydrogen-bond acceptors (Lipinski definition) is 10. The smallest absolute Gasteiger partial charge is 0.317 e. The summed E-state index contributed by atoms with van der Waals surface area (Å²) >= 11 is 0. The van der Waals surface area contributed by atoms with Gasteiger partial charge in [-0.2, -0.15) is 0 Å². The zero-order valence-corrected chi connectivity index (χ0v) is 28.9. The summed E-state index contributed by atoms with van der Waals surface area (Å²) in [6, 6.07) is 0. The van der Waals surface area contributed by atoms with Crippen LogP contribution in [0.15, 0.2) is 0 Å². The third kappa shape index (κ3) is 5.24. The van der Waals surface area contributed by atoms with Gasteiger partial charge in [0.15, 0.2) is 0 Å². The Kier molecular flexibility index (Phi) is 8.47. The zero-order chi connectivity index (χ0) is 35.4. The summed E-state index contributed by atoms with van der Waals surface area (Å²) in [4.78, 5) is 78.9. The molecule has 12 heteroatoms. The van der Waals surface area contributed by atoms with Crippen LogP contribution in [-0.2, 0) is 43.0 Å². The number of cyclic esters (lactones) is 2. The lowest BCUT2D eigenvalue weighted by atomic mass is 9.51. The van der Waals surface area contributed by atoms with E-state index in [1.807, 2.05) is 20.8 Å². The Hall–Kier alpha value is -3.02. The number of fused-ring (bicyclic) bond motifs is 6. The molecule has 6 saturated carbocycles. The van der Waals surface area contributed by atoms with Crippen LogP contribution in [0.25, 0.3) is 0 Å². The fourth-order valence-corrected chi connectivity index (χ4v) is 13.4. The largest absolute Gasteiger partial charge is 0.481 e. The van der Waals surface area contributed by atoms with E-state index in [2.05, 4.69) is 6.92 Å². The minimum absolute atomic E-state index is 0.00938. The van der Waals surface area contributed by atoms with Crippen LogP contribution in [0, 0.1) is 107 Å². The first-order valence-corrected chi connectivity index (χ1v) is 18.3.